The zero-order valence-corrected chi connectivity index (χ0v) is 15.0. The molecule has 1 aliphatic carbocycles. The van der Waals surface area contributed by atoms with Crippen molar-refractivity contribution < 1.29 is 0 Å². The molecule has 1 aliphatic rings. The van der Waals surface area contributed by atoms with Gasteiger partial charge in [-0.3, -0.25) is 0 Å². The van der Waals surface area contributed by atoms with Crippen LogP contribution in [0.25, 0.3) is 0 Å². The van der Waals surface area contributed by atoms with Crippen LogP contribution in [0.1, 0.15) is 53.1 Å². The highest BCUT2D eigenvalue weighted by atomic mass is 79.9. The second-order valence-electron chi connectivity index (χ2n) is 5.37. The molecule has 0 amide bonds. The lowest BCUT2D eigenvalue weighted by atomic mass is 9.98. The molecule has 4 heteroatoms. The lowest BCUT2D eigenvalue weighted by Gasteiger charge is -2.17. The minimum atomic E-state index is 0.353. The predicted octanol–water partition coefficient (Wildman–Crippen LogP) is 5.54. The van der Waals surface area contributed by atoms with Crippen LogP contribution in [-0.2, 0) is 12.8 Å². The Hall–Kier alpha value is -0.160. The number of thiophene rings is 2. The molecule has 2 aromatic heterocycles. The van der Waals surface area contributed by atoms with E-state index in [2.05, 4.69) is 45.0 Å². The highest BCUT2D eigenvalue weighted by Gasteiger charge is 2.22. The van der Waals surface area contributed by atoms with Gasteiger partial charge < -0.3 is 5.32 Å². The van der Waals surface area contributed by atoms with Gasteiger partial charge in [-0.05, 0) is 77.2 Å². The van der Waals surface area contributed by atoms with Crippen molar-refractivity contribution in [3.8, 4) is 0 Å². The van der Waals surface area contributed by atoms with Crippen molar-refractivity contribution >= 4 is 38.6 Å². The monoisotopic (exact) mass is 369 g/mol. The van der Waals surface area contributed by atoms with E-state index >= 15 is 0 Å². The molecule has 0 aromatic carbocycles. The Kier molecular flexibility index (Phi) is 4.97. The molecule has 0 aliphatic heterocycles. The Labute approximate surface area is 137 Å². The maximum Gasteiger partial charge on any atom is 0.0690 e. The molecule has 1 N–H and O–H groups in total. The molecule has 0 spiro atoms. The third kappa shape index (κ3) is 3.03. The normalized spacial score (nSPS) is 16.1. The van der Waals surface area contributed by atoms with E-state index in [1.54, 1.807) is 21.8 Å². The van der Waals surface area contributed by atoms with E-state index in [-0.39, 0.29) is 0 Å². The first-order valence-corrected chi connectivity index (χ1v) is 9.91. The SMILES string of the molecule is CCCNC(c1cc2c(s1)CCCC2)c1cscc1Br. The fourth-order valence-electron chi connectivity index (χ4n) is 2.81. The molecule has 0 fully saturated rings. The Morgan fingerprint density at radius 1 is 1.30 bits per heavy atom. The van der Waals surface area contributed by atoms with Crippen LogP contribution in [0.3, 0.4) is 0 Å². The summed E-state index contributed by atoms with van der Waals surface area (Å²) in [7, 11) is 0. The molecule has 1 unspecified atom stereocenters. The quantitative estimate of drug-likeness (QED) is 0.729. The predicted molar refractivity (Wildman–Crippen MR) is 93.1 cm³/mol. The van der Waals surface area contributed by atoms with E-state index in [0.29, 0.717) is 6.04 Å². The van der Waals surface area contributed by atoms with Gasteiger partial charge in [0.05, 0.1) is 6.04 Å². The summed E-state index contributed by atoms with van der Waals surface area (Å²) < 4.78 is 1.24. The average Bonchev–Trinajstić information content (AvgIpc) is 3.06. The number of fused-ring (bicyclic) bond motifs is 1. The number of rotatable bonds is 5. The van der Waals surface area contributed by atoms with Gasteiger partial charge in [-0.25, -0.2) is 0 Å². The molecule has 0 saturated heterocycles. The van der Waals surface area contributed by atoms with Crippen molar-refractivity contribution in [2.45, 2.75) is 45.1 Å². The Bertz CT molecular complexity index is 549. The van der Waals surface area contributed by atoms with Crippen LogP contribution in [0.4, 0.5) is 0 Å². The van der Waals surface area contributed by atoms with Crippen LogP contribution in [0.15, 0.2) is 21.3 Å². The summed E-state index contributed by atoms with van der Waals surface area (Å²) in [6.07, 6.45) is 6.45. The summed E-state index contributed by atoms with van der Waals surface area (Å²) in [5, 5.41) is 8.18. The fraction of sp³-hybridized carbons (Fsp3) is 0.500. The first-order chi connectivity index (χ1) is 9.79. The second kappa shape index (κ2) is 6.73. The molecule has 0 radical (unpaired) electrons. The Morgan fingerprint density at radius 2 is 2.15 bits per heavy atom. The molecule has 1 nitrogen and oxygen atoms in total. The van der Waals surface area contributed by atoms with E-state index < -0.39 is 0 Å². The summed E-state index contributed by atoms with van der Waals surface area (Å²) in [6.45, 7) is 3.29. The molecule has 108 valence electrons. The van der Waals surface area contributed by atoms with Crippen molar-refractivity contribution in [2.75, 3.05) is 6.54 Å². The first-order valence-electron chi connectivity index (χ1n) is 7.36. The smallest absolute Gasteiger partial charge is 0.0690 e. The van der Waals surface area contributed by atoms with Gasteiger partial charge in [0.15, 0.2) is 0 Å². The van der Waals surface area contributed by atoms with Crippen molar-refractivity contribution in [2.24, 2.45) is 0 Å². The Morgan fingerprint density at radius 3 is 2.85 bits per heavy atom. The summed E-state index contributed by atoms with van der Waals surface area (Å²) in [4.78, 5) is 3.12. The minimum Gasteiger partial charge on any atom is -0.306 e. The van der Waals surface area contributed by atoms with Crippen LogP contribution < -0.4 is 5.32 Å². The van der Waals surface area contributed by atoms with Gasteiger partial charge in [0.1, 0.15) is 0 Å². The van der Waals surface area contributed by atoms with Crippen LogP contribution >= 0.6 is 38.6 Å². The standard InChI is InChI=1S/C16H20BrNS2/c1-2-7-18-16(12-9-19-10-13(12)17)15-8-11-5-3-4-6-14(11)20-15/h8-10,16,18H,2-7H2,1H3. The van der Waals surface area contributed by atoms with Crippen LogP contribution in [0.2, 0.25) is 0 Å². The number of hydrogen-bond donors (Lipinski definition) is 1. The van der Waals surface area contributed by atoms with E-state index in [1.165, 1.54) is 47.0 Å². The summed E-state index contributed by atoms with van der Waals surface area (Å²) in [5.74, 6) is 0. The fourth-order valence-corrected chi connectivity index (χ4v) is 5.71. The second-order valence-corrected chi connectivity index (χ2v) is 8.13. The van der Waals surface area contributed by atoms with Gasteiger partial charge in [-0.15, -0.1) is 11.3 Å². The van der Waals surface area contributed by atoms with E-state index in [9.17, 15) is 0 Å². The number of aryl methyl sites for hydroxylation is 2. The zero-order valence-electron chi connectivity index (χ0n) is 11.7. The number of nitrogens with one attached hydrogen (secondary N) is 1. The highest BCUT2D eigenvalue weighted by Crippen LogP contribution is 2.38. The van der Waals surface area contributed by atoms with Gasteiger partial charge in [-0.1, -0.05) is 6.92 Å². The molecule has 20 heavy (non-hydrogen) atoms. The molecular weight excluding hydrogens is 350 g/mol. The van der Waals surface area contributed by atoms with Gasteiger partial charge in [0.25, 0.3) is 0 Å². The molecular formula is C16H20BrNS2. The molecule has 2 heterocycles. The number of halogens is 1. The Balaban J connectivity index is 1.92. The number of hydrogen-bond acceptors (Lipinski definition) is 3. The summed E-state index contributed by atoms with van der Waals surface area (Å²) in [6, 6.07) is 2.81. The summed E-state index contributed by atoms with van der Waals surface area (Å²) >= 11 is 7.50. The largest absolute Gasteiger partial charge is 0.306 e. The molecule has 2 aromatic rings. The zero-order chi connectivity index (χ0) is 13.9. The van der Waals surface area contributed by atoms with Gasteiger partial charge in [0.2, 0.25) is 0 Å². The molecule has 0 saturated carbocycles. The third-order valence-electron chi connectivity index (χ3n) is 3.85. The van der Waals surface area contributed by atoms with Gasteiger partial charge in [0, 0.05) is 19.6 Å². The van der Waals surface area contributed by atoms with E-state index in [0.717, 1.165) is 6.54 Å². The lowest BCUT2D eigenvalue weighted by molar-refractivity contribution is 0.605. The van der Waals surface area contributed by atoms with Crippen molar-refractivity contribution in [1.82, 2.24) is 5.32 Å². The lowest BCUT2D eigenvalue weighted by Crippen LogP contribution is -2.22. The third-order valence-corrected chi connectivity index (χ3v) is 6.91. The van der Waals surface area contributed by atoms with Gasteiger partial charge >= 0.3 is 0 Å². The first kappa shape index (κ1) is 14.8. The topological polar surface area (TPSA) is 12.0 Å². The van der Waals surface area contributed by atoms with E-state index in [4.69, 9.17) is 0 Å². The molecule has 1 atom stereocenters. The summed E-state index contributed by atoms with van der Waals surface area (Å²) in [5.41, 5.74) is 2.99. The maximum absolute atomic E-state index is 3.73. The average molecular weight is 370 g/mol. The van der Waals surface area contributed by atoms with Gasteiger partial charge in [-0.2, -0.15) is 11.3 Å². The van der Waals surface area contributed by atoms with Crippen molar-refractivity contribution in [3.05, 3.63) is 42.2 Å². The van der Waals surface area contributed by atoms with Crippen LogP contribution in [0, 0.1) is 0 Å². The van der Waals surface area contributed by atoms with Crippen molar-refractivity contribution in [1.29, 1.82) is 0 Å². The van der Waals surface area contributed by atoms with E-state index in [1.807, 2.05) is 11.3 Å². The highest BCUT2D eigenvalue weighted by molar-refractivity contribution is 9.10. The van der Waals surface area contributed by atoms with Crippen LogP contribution in [-0.4, -0.2) is 6.54 Å². The maximum atomic E-state index is 3.73. The molecule has 3 rings (SSSR count). The van der Waals surface area contributed by atoms with Crippen LogP contribution in [0.5, 0.6) is 0 Å². The minimum absolute atomic E-state index is 0.353. The molecule has 0 bridgehead atoms. The van der Waals surface area contributed by atoms with Crippen molar-refractivity contribution in [3.63, 3.8) is 0 Å².